The van der Waals surface area contributed by atoms with Crippen molar-refractivity contribution < 1.29 is 18.7 Å². The van der Waals surface area contributed by atoms with E-state index in [9.17, 15) is 9.59 Å². The van der Waals surface area contributed by atoms with Crippen molar-refractivity contribution in [2.24, 2.45) is 5.92 Å². The van der Waals surface area contributed by atoms with Gasteiger partial charge in [0.25, 0.3) is 0 Å². The van der Waals surface area contributed by atoms with Gasteiger partial charge in [-0.3, -0.25) is 4.79 Å². The van der Waals surface area contributed by atoms with E-state index in [2.05, 4.69) is 10.6 Å². The lowest BCUT2D eigenvalue weighted by Gasteiger charge is -2.31. The van der Waals surface area contributed by atoms with Crippen molar-refractivity contribution >= 4 is 11.9 Å². The summed E-state index contributed by atoms with van der Waals surface area (Å²) >= 11 is 0. The van der Waals surface area contributed by atoms with Gasteiger partial charge in [0.15, 0.2) is 0 Å². The molecule has 30 heavy (non-hydrogen) atoms. The Morgan fingerprint density at radius 1 is 1.13 bits per heavy atom. The van der Waals surface area contributed by atoms with E-state index in [0.717, 1.165) is 23.5 Å². The molecule has 0 radical (unpaired) electrons. The van der Waals surface area contributed by atoms with Crippen molar-refractivity contribution in [3.63, 3.8) is 0 Å². The first-order valence-electron chi connectivity index (χ1n) is 10.6. The van der Waals surface area contributed by atoms with Crippen LogP contribution in [-0.4, -0.2) is 42.6 Å². The van der Waals surface area contributed by atoms with Gasteiger partial charge in [-0.2, -0.15) is 0 Å². The maximum Gasteiger partial charge on any atom is 0.317 e. The van der Waals surface area contributed by atoms with Crippen LogP contribution in [0.25, 0.3) is 0 Å². The summed E-state index contributed by atoms with van der Waals surface area (Å²) in [7, 11) is 0. The molecule has 7 nitrogen and oxygen atoms in total. The van der Waals surface area contributed by atoms with E-state index in [-0.39, 0.29) is 24.0 Å². The number of carbonyl (C=O) groups excluding carboxylic acids is 2. The Morgan fingerprint density at radius 2 is 1.87 bits per heavy atom. The summed E-state index contributed by atoms with van der Waals surface area (Å²) in [5.41, 5.74) is 1.15. The van der Waals surface area contributed by atoms with Crippen molar-refractivity contribution in [3.8, 4) is 5.75 Å². The Balaban J connectivity index is 1.33. The van der Waals surface area contributed by atoms with Gasteiger partial charge >= 0.3 is 6.03 Å². The lowest BCUT2D eigenvalue weighted by Crippen LogP contribution is -2.47. The smallest absolute Gasteiger partial charge is 0.317 e. The fourth-order valence-electron chi connectivity index (χ4n) is 3.51. The highest BCUT2D eigenvalue weighted by Crippen LogP contribution is 2.18. The van der Waals surface area contributed by atoms with Gasteiger partial charge in [0, 0.05) is 25.6 Å². The van der Waals surface area contributed by atoms with Crippen LogP contribution in [0.4, 0.5) is 4.79 Å². The molecule has 2 aromatic rings. The number of amides is 3. The Kier molecular flexibility index (Phi) is 7.76. The van der Waals surface area contributed by atoms with Crippen LogP contribution in [0.1, 0.15) is 38.0 Å². The molecule has 162 valence electrons. The van der Waals surface area contributed by atoms with E-state index in [0.29, 0.717) is 39.0 Å². The second-order valence-corrected chi connectivity index (χ2v) is 7.85. The Labute approximate surface area is 177 Å². The standard InChI is InChI=1S/C23H31N3O4/c1-17(2)30-20-7-5-18(6-8-20)9-12-24-23(28)26-13-10-19(11-14-26)22(27)25-16-21-4-3-15-29-21/h3-8,15,17,19H,9-14,16H2,1-2H3,(H,24,28)(H,25,27). The molecule has 7 heteroatoms. The summed E-state index contributed by atoms with van der Waals surface area (Å²) in [5, 5.41) is 5.88. The number of urea groups is 1. The fraction of sp³-hybridized carbons (Fsp3) is 0.478. The average molecular weight is 414 g/mol. The van der Waals surface area contributed by atoms with Crippen molar-refractivity contribution in [3.05, 3.63) is 54.0 Å². The molecule has 1 aromatic heterocycles. The SMILES string of the molecule is CC(C)Oc1ccc(CCNC(=O)N2CCC(C(=O)NCc3ccco3)CC2)cc1. The second-order valence-electron chi connectivity index (χ2n) is 7.85. The highest BCUT2D eigenvalue weighted by Gasteiger charge is 2.27. The molecule has 1 saturated heterocycles. The number of carbonyl (C=O) groups is 2. The topological polar surface area (TPSA) is 83.8 Å². The number of hydrogen-bond acceptors (Lipinski definition) is 4. The minimum absolute atomic E-state index is 0.0244. The zero-order chi connectivity index (χ0) is 21.3. The van der Waals surface area contributed by atoms with E-state index in [1.54, 1.807) is 17.2 Å². The molecule has 0 bridgehead atoms. The third-order valence-electron chi connectivity index (χ3n) is 5.15. The molecular formula is C23H31N3O4. The van der Waals surface area contributed by atoms with Crippen LogP contribution in [0.15, 0.2) is 47.1 Å². The van der Waals surface area contributed by atoms with Gasteiger partial charge in [0.1, 0.15) is 11.5 Å². The normalized spacial score (nSPS) is 14.6. The van der Waals surface area contributed by atoms with Crippen LogP contribution in [-0.2, 0) is 17.8 Å². The molecule has 3 rings (SSSR count). The number of piperidine rings is 1. The molecule has 0 aliphatic carbocycles. The minimum atomic E-state index is -0.0656. The van der Waals surface area contributed by atoms with Crippen molar-refractivity contribution in [2.75, 3.05) is 19.6 Å². The maximum absolute atomic E-state index is 12.4. The van der Waals surface area contributed by atoms with Crippen LogP contribution < -0.4 is 15.4 Å². The zero-order valence-corrected chi connectivity index (χ0v) is 17.7. The van der Waals surface area contributed by atoms with E-state index in [1.807, 2.05) is 44.2 Å². The number of hydrogen-bond donors (Lipinski definition) is 2. The van der Waals surface area contributed by atoms with Crippen LogP contribution >= 0.6 is 0 Å². The first-order valence-corrected chi connectivity index (χ1v) is 10.6. The maximum atomic E-state index is 12.4. The molecule has 0 saturated carbocycles. The first kappa shape index (κ1) is 21.7. The molecule has 3 amide bonds. The summed E-state index contributed by atoms with van der Waals surface area (Å²) in [4.78, 5) is 26.5. The van der Waals surface area contributed by atoms with Crippen LogP contribution in [0.3, 0.4) is 0 Å². The molecule has 0 unspecified atom stereocenters. The number of furan rings is 1. The third kappa shape index (κ3) is 6.54. The van der Waals surface area contributed by atoms with Gasteiger partial charge in [0.05, 0.1) is 18.9 Å². The summed E-state index contributed by atoms with van der Waals surface area (Å²) in [6.07, 6.45) is 3.86. The van der Waals surface area contributed by atoms with E-state index < -0.39 is 0 Å². The molecule has 1 fully saturated rings. The van der Waals surface area contributed by atoms with E-state index >= 15 is 0 Å². The van der Waals surface area contributed by atoms with Crippen LogP contribution in [0.5, 0.6) is 5.75 Å². The van der Waals surface area contributed by atoms with E-state index in [4.69, 9.17) is 9.15 Å². The predicted octanol–water partition coefficient (Wildman–Crippen LogP) is 3.35. The number of likely N-dealkylation sites (tertiary alicyclic amines) is 1. The Morgan fingerprint density at radius 3 is 2.50 bits per heavy atom. The van der Waals surface area contributed by atoms with Crippen molar-refractivity contribution in [1.82, 2.24) is 15.5 Å². The van der Waals surface area contributed by atoms with Crippen LogP contribution in [0, 0.1) is 5.92 Å². The Bertz CT molecular complexity index is 794. The number of benzene rings is 1. The number of nitrogens with one attached hydrogen (secondary N) is 2. The summed E-state index contributed by atoms with van der Waals surface area (Å²) in [6, 6.07) is 11.5. The largest absolute Gasteiger partial charge is 0.491 e. The molecular weight excluding hydrogens is 382 g/mol. The van der Waals surface area contributed by atoms with Gasteiger partial charge in [-0.1, -0.05) is 12.1 Å². The summed E-state index contributed by atoms with van der Waals surface area (Å²) in [5.74, 6) is 1.56. The monoisotopic (exact) mass is 413 g/mol. The molecule has 2 N–H and O–H groups in total. The van der Waals surface area contributed by atoms with Gasteiger partial charge in [-0.15, -0.1) is 0 Å². The molecule has 1 aliphatic heterocycles. The van der Waals surface area contributed by atoms with Crippen LogP contribution in [0.2, 0.25) is 0 Å². The number of ether oxygens (including phenoxy) is 1. The van der Waals surface area contributed by atoms with E-state index in [1.165, 1.54) is 0 Å². The third-order valence-corrected chi connectivity index (χ3v) is 5.15. The van der Waals surface area contributed by atoms with Gasteiger partial charge < -0.3 is 24.7 Å². The average Bonchev–Trinajstić information content (AvgIpc) is 3.26. The minimum Gasteiger partial charge on any atom is -0.491 e. The predicted molar refractivity (Wildman–Crippen MR) is 114 cm³/mol. The number of nitrogens with zero attached hydrogens (tertiary/aromatic N) is 1. The van der Waals surface area contributed by atoms with Gasteiger partial charge in [0.2, 0.25) is 5.91 Å². The van der Waals surface area contributed by atoms with Crippen molar-refractivity contribution in [2.45, 2.75) is 45.8 Å². The summed E-state index contributed by atoms with van der Waals surface area (Å²) in [6.45, 7) is 6.15. The zero-order valence-electron chi connectivity index (χ0n) is 17.7. The van der Waals surface area contributed by atoms with Crippen molar-refractivity contribution in [1.29, 1.82) is 0 Å². The molecule has 1 aromatic carbocycles. The first-order chi connectivity index (χ1) is 14.5. The lowest BCUT2D eigenvalue weighted by molar-refractivity contribution is -0.126. The Hall–Kier alpha value is -2.96. The molecule has 1 aliphatic rings. The quantitative estimate of drug-likeness (QED) is 0.695. The second kappa shape index (κ2) is 10.7. The summed E-state index contributed by atoms with van der Waals surface area (Å²) < 4.78 is 10.9. The molecule has 0 spiro atoms. The highest BCUT2D eigenvalue weighted by atomic mass is 16.5. The fourth-order valence-corrected chi connectivity index (χ4v) is 3.51. The molecule has 2 heterocycles. The van der Waals surface area contributed by atoms with Gasteiger partial charge in [-0.25, -0.2) is 4.79 Å². The highest BCUT2D eigenvalue weighted by molar-refractivity contribution is 5.79. The molecule has 0 atom stereocenters. The lowest BCUT2D eigenvalue weighted by atomic mass is 9.96. The number of rotatable bonds is 8. The van der Waals surface area contributed by atoms with Gasteiger partial charge in [-0.05, 0) is 62.9 Å².